The highest BCUT2D eigenvalue weighted by atomic mass is 16.3. The maximum absolute atomic E-state index is 14.1. The molecule has 5 N–H and O–H groups in total. The Morgan fingerprint density at radius 2 is 1.74 bits per heavy atom. The van der Waals surface area contributed by atoms with Gasteiger partial charge in [0.05, 0.1) is 17.5 Å². The highest BCUT2D eigenvalue weighted by Crippen LogP contribution is 2.52. The SMILES string of the molecule is CN(C)c1cc(CNCC2CCCCC2)c(O)c2c1C[C@@H]1C[C@@H]3[C@@H](N(C)C)C(=O)C(C(N)=O)C(=O)[C@]3(O)C(=O)C1C2=O. The number of ketones is 4. The van der Waals surface area contributed by atoms with Gasteiger partial charge >= 0.3 is 0 Å². The second-order valence-electron chi connectivity index (χ2n) is 13.1. The first-order valence-corrected chi connectivity index (χ1v) is 14.9. The number of benzene rings is 1. The van der Waals surface area contributed by atoms with Gasteiger partial charge in [-0.1, -0.05) is 19.3 Å². The quantitative estimate of drug-likeness (QED) is 0.334. The standard InChI is InChI=1S/C31H42N4O7/c1-34(2)20-12-17(14-33-13-15-8-6-5-7-9-15)25(36)22-18(20)10-16-11-19-24(35(3)4)27(38)23(30(32)41)29(40)31(19,42)28(39)21(16)26(22)37/h12,15-16,19,21,23-24,33,36,42H,5-11,13-14H2,1-4H3,(H2,32,41)/t16-,19-,21?,23?,24-,31-/m1/s1. The number of nitrogens with zero attached hydrogens (tertiary/aromatic N) is 2. The summed E-state index contributed by atoms with van der Waals surface area (Å²) in [6.45, 7) is 1.14. The normalized spacial score (nSPS) is 31.5. The van der Waals surface area contributed by atoms with E-state index >= 15 is 0 Å². The number of carbonyl (C=O) groups excluding carboxylic acids is 5. The number of aromatic hydroxyl groups is 1. The van der Waals surface area contributed by atoms with Crippen LogP contribution in [-0.4, -0.2) is 90.5 Å². The van der Waals surface area contributed by atoms with Crippen LogP contribution in [0.1, 0.15) is 60.0 Å². The van der Waals surface area contributed by atoms with Gasteiger partial charge in [0, 0.05) is 37.8 Å². The van der Waals surface area contributed by atoms with E-state index in [4.69, 9.17) is 5.73 Å². The van der Waals surface area contributed by atoms with E-state index in [0.29, 0.717) is 23.6 Å². The van der Waals surface area contributed by atoms with Crippen molar-refractivity contribution >= 4 is 34.7 Å². The number of hydrogen-bond acceptors (Lipinski definition) is 10. The Bertz CT molecular complexity index is 1330. The average molecular weight is 583 g/mol. The number of aliphatic hydroxyl groups is 1. The third-order valence-corrected chi connectivity index (χ3v) is 10.1. The summed E-state index contributed by atoms with van der Waals surface area (Å²) in [5.41, 5.74) is 4.57. The fraction of sp³-hybridized carbons (Fsp3) is 0.645. The van der Waals surface area contributed by atoms with Crippen molar-refractivity contribution in [3.8, 4) is 5.75 Å². The molecule has 42 heavy (non-hydrogen) atoms. The Labute approximate surface area is 245 Å². The minimum absolute atomic E-state index is 0.0299. The lowest BCUT2D eigenvalue weighted by Crippen LogP contribution is -2.74. The van der Waals surface area contributed by atoms with Crippen LogP contribution in [0.25, 0.3) is 0 Å². The number of hydrogen-bond donors (Lipinski definition) is 4. The molecule has 4 aliphatic rings. The van der Waals surface area contributed by atoms with E-state index in [1.54, 1.807) is 14.1 Å². The summed E-state index contributed by atoms with van der Waals surface area (Å²) in [5.74, 6) is -9.72. The van der Waals surface area contributed by atoms with Crippen LogP contribution in [0, 0.1) is 29.6 Å². The maximum Gasteiger partial charge on any atom is 0.235 e. The Morgan fingerprint density at radius 3 is 2.33 bits per heavy atom. The molecule has 3 saturated carbocycles. The van der Waals surface area contributed by atoms with Crippen LogP contribution in [-0.2, 0) is 32.1 Å². The minimum Gasteiger partial charge on any atom is -0.507 e. The van der Waals surface area contributed by atoms with Crippen LogP contribution < -0.4 is 16.0 Å². The number of Topliss-reactive ketones (excluding diaryl/α,β-unsaturated/α-hetero) is 4. The molecule has 11 nitrogen and oxygen atoms in total. The first-order chi connectivity index (χ1) is 19.8. The summed E-state index contributed by atoms with van der Waals surface area (Å²) >= 11 is 0. The number of nitrogens with two attached hydrogens (primary N) is 1. The van der Waals surface area contributed by atoms with Crippen LogP contribution >= 0.6 is 0 Å². The molecule has 6 atom stereocenters. The number of phenols is 1. The monoisotopic (exact) mass is 582 g/mol. The lowest BCUT2D eigenvalue weighted by atomic mass is 9.52. The highest BCUT2D eigenvalue weighted by Gasteiger charge is 2.69. The molecule has 1 aromatic carbocycles. The fourth-order valence-electron chi connectivity index (χ4n) is 8.04. The number of anilines is 1. The molecular formula is C31H42N4O7. The van der Waals surface area contributed by atoms with Crippen molar-refractivity contribution in [1.29, 1.82) is 0 Å². The van der Waals surface area contributed by atoms with Crippen LogP contribution in [0.2, 0.25) is 0 Å². The van der Waals surface area contributed by atoms with Gasteiger partial charge < -0.3 is 26.2 Å². The lowest BCUT2D eigenvalue weighted by Gasteiger charge is -2.52. The molecule has 1 aromatic rings. The zero-order valence-corrected chi connectivity index (χ0v) is 24.8. The van der Waals surface area contributed by atoms with E-state index < -0.39 is 64.4 Å². The molecule has 0 spiro atoms. The number of carbonyl (C=O) groups is 5. The Morgan fingerprint density at radius 1 is 1.07 bits per heavy atom. The number of phenolic OH excluding ortho intramolecular Hbond substituents is 1. The fourth-order valence-corrected chi connectivity index (χ4v) is 8.04. The number of primary amides is 1. The van der Waals surface area contributed by atoms with Gasteiger partial charge in [0.2, 0.25) is 5.91 Å². The van der Waals surface area contributed by atoms with Crippen molar-refractivity contribution in [3.63, 3.8) is 0 Å². The van der Waals surface area contributed by atoms with Crippen molar-refractivity contribution in [3.05, 3.63) is 22.8 Å². The third kappa shape index (κ3) is 4.66. The molecule has 5 rings (SSSR count). The van der Waals surface area contributed by atoms with Gasteiger partial charge in [0.1, 0.15) is 5.75 Å². The zero-order chi connectivity index (χ0) is 30.7. The van der Waals surface area contributed by atoms with Gasteiger partial charge in [-0.15, -0.1) is 0 Å². The van der Waals surface area contributed by atoms with Crippen molar-refractivity contribution in [2.75, 3.05) is 39.6 Å². The molecule has 11 heteroatoms. The predicted octanol–water partition coefficient (Wildman–Crippen LogP) is 0.603. The molecule has 2 unspecified atom stereocenters. The van der Waals surface area contributed by atoms with Gasteiger partial charge in [-0.3, -0.25) is 28.9 Å². The molecule has 0 heterocycles. The molecule has 0 radical (unpaired) electrons. The largest absolute Gasteiger partial charge is 0.507 e. The molecule has 4 aliphatic carbocycles. The van der Waals surface area contributed by atoms with Crippen molar-refractivity contribution in [1.82, 2.24) is 10.2 Å². The Balaban J connectivity index is 1.53. The molecular weight excluding hydrogens is 540 g/mol. The van der Waals surface area contributed by atoms with Crippen molar-refractivity contribution in [2.24, 2.45) is 35.3 Å². The summed E-state index contributed by atoms with van der Waals surface area (Å²) in [6, 6.07) is 0.746. The molecule has 0 saturated heterocycles. The predicted molar refractivity (Wildman–Crippen MR) is 154 cm³/mol. The molecule has 228 valence electrons. The van der Waals surface area contributed by atoms with E-state index in [0.717, 1.165) is 25.1 Å². The first-order valence-electron chi connectivity index (χ1n) is 14.9. The van der Waals surface area contributed by atoms with E-state index in [2.05, 4.69) is 5.32 Å². The number of nitrogens with one attached hydrogen (secondary N) is 1. The summed E-state index contributed by atoms with van der Waals surface area (Å²) in [7, 11) is 6.83. The molecule has 0 bridgehead atoms. The smallest absolute Gasteiger partial charge is 0.235 e. The molecule has 0 aliphatic heterocycles. The summed E-state index contributed by atoms with van der Waals surface area (Å²) in [5, 5.41) is 26.6. The van der Waals surface area contributed by atoms with Crippen LogP contribution in [0.5, 0.6) is 5.75 Å². The average Bonchev–Trinajstić information content (AvgIpc) is 2.92. The Hall–Kier alpha value is -3.15. The second kappa shape index (κ2) is 11.2. The van der Waals surface area contributed by atoms with E-state index in [1.807, 2.05) is 25.1 Å². The highest BCUT2D eigenvalue weighted by molar-refractivity contribution is 6.32. The lowest BCUT2D eigenvalue weighted by molar-refractivity contribution is -0.181. The third-order valence-electron chi connectivity index (χ3n) is 10.1. The molecule has 3 fully saturated rings. The van der Waals surface area contributed by atoms with Crippen molar-refractivity contribution in [2.45, 2.75) is 63.1 Å². The number of amides is 1. The van der Waals surface area contributed by atoms with Crippen molar-refractivity contribution < 1.29 is 34.2 Å². The number of rotatable bonds is 7. The van der Waals surface area contributed by atoms with Gasteiger partial charge in [-0.25, -0.2) is 0 Å². The second-order valence-corrected chi connectivity index (χ2v) is 13.1. The first kappa shape index (κ1) is 30.3. The zero-order valence-electron chi connectivity index (χ0n) is 24.8. The van der Waals surface area contributed by atoms with E-state index in [9.17, 15) is 34.2 Å². The summed E-state index contributed by atoms with van der Waals surface area (Å²) in [6.07, 6.45) is 6.28. The summed E-state index contributed by atoms with van der Waals surface area (Å²) in [4.78, 5) is 70.5. The van der Waals surface area contributed by atoms with Gasteiger partial charge in [-0.05, 0) is 69.8 Å². The van der Waals surface area contributed by atoms with Crippen LogP contribution in [0.3, 0.4) is 0 Å². The van der Waals surface area contributed by atoms with E-state index in [-0.39, 0.29) is 24.2 Å². The Kier molecular flexibility index (Phi) is 8.06. The molecule has 1 amide bonds. The molecule has 0 aromatic heterocycles. The topological polar surface area (TPSA) is 170 Å². The van der Waals surface area contributed by atoms with Crippen LogP contribution in [0.4, 0.5) is 5.69 Å². The number of fused-ring (bicyclic) bond motifs is 3. The van der Waals surface area contributed by atoms with Crippen LogP contribution in [0.15, 0.2) is 6.07 Å². The van der Waals surface area contributed by atoms with Gasteiger partial charge in [0.15, 0.2) is 34.7 Å². The van der Waals surface area contributed by atoms with Gasteiger partial charge in [-0.2, -0.15) is 0 Å². The van der Waals surface area contributed by atoms with Gasteiger partial charge in [0.25, 0.3) is 0 Å². The maximum atomic E-state index is 14.1. The minimum atomic E-state index is -2.73. The number of likely N-dealkylation sites (N-methyl/N-ethyl adjacent to an activating group) is 1. The summed E-state index contributed by atoms with van der Waals surface area (Å²) < 4.78 is 0. The van der Waals surface area contributed by atoms with E-state index in [1.165, 1.54) is 24.2 Å².